The van der Waals surface area contributed by atoms with E-state index in [-0.39, 0.29) is 5.78 Å². The molecule has 2 heteroatoms. The van der Waals surface area contributed by atoms with Crippen LogP contribution in [0.5, 0.6) is 0 Å². The molecule has 0 heterocycles. The lowest BCUT2D eigenvalue weighted by atomic mass is 10.1. The van der Waals surface area contributed by atoms with E-state index in [9.17, 15) is 4.79 Å². The molecule has 18 heavy (non-hydrogen) atoms. The van der Waals surface area contributed by atoms with Gasteiger partial charge in [-0.1, -0.05) is 49.6 Å². The second-order valence-corrected chi connectivity index (χ2v) is 4.06. The number of hydrogen-bond donors (Lipinski definition) is 1. The van der Waals surface area contributed by atoms with Gasteiger partial charge in [0.15, 0.2) is 5.78 Å². The molecule has 0 aliphatic heterocycles. The van der Waals surface area contributed by atoms with Gasteiger partial charge in [-0.3, -0.25) is 4.79 Å². The zero-order valence-electron chi connectivity index (χ0n) is 10.8. The standard InChI is InChI=1S/C16H19NO/c1-3-5-11-15(17-12-4-2)13-16(18)14-9-7-6-8-10-14/h2,6-10,13,17H,3,5,11-12H2,1H3. The molecular weight excluding hydrogens is 222 g/mol. The maximum absolute atomic E-state index is 12.0. The first-order valence-electron chi connectivity index (χ1n) is 6.25. The van der Waals surface area contributed by atoms with Crippen LogP contribution in [0.15, 0.2) is 42.1 Å². The lowest BCUT2D eigenvalue weighted by Crippen LogP contribution is -2.15. The van der Waals surface area contributed by atoms with Gasteiger partial charge in [0.1, 0.15) is 0 Å². The summed E-state index contributed by atoms with van der Waals surface area (Å²) in [7, 11) is 0. The van der Waals surface area contributed by atoms with E-state index in [1.807, 2.05) is 30.3 Å². The van der Waals surface area contributed by atoms with Crippen molar-refractivity contribution in [2.45, 2.75) is 26.2 Å². The van der Waals surface area contributed by atoms with Crippen LogP contribution in [0, 0.1) is 12.3 Å². The van der Waals surface area contributed by atoms with Gasteiger partial charge in [-0.05, 0) is 12.8 Å². The molecule has 0 amide bonds. The number of ketones is 1. The number of hydrogen-bond acceptors (Lipinski definition) is 2. The molecule has 0 aliphatic carbocycles. The fourth-order valence-electron chi connectivity index (χ4n) is 1.59. The zero-order valence-corrected chi connectivity index (χ0v) is 10.8. The van der Waals surface area contributed by atoms with Crippen molar-refractivity contribution in [1.29, 1.82) is 0 Å². The van der Waals surface area contributed by atoms with Gasteiger partial charge in [0.2, 0.25) is 0 Å². The molecule has 1 aromatic rings. The van der Waals surface area contributed by atoms with E-state index in [2.05, 4.69) is 18.2 Å². The summed E-state index contributed by atoms with van der Waals surface area (Å²) in [4.78, 5) is 12.0. The molecule has 94 valence electrons. The second kappa shape index (κ2) is 8.14. The Balaban J connectivity index is 2.74. The van der Waals surface area contributed by atoms with Gasteiger partial charge in [0, 0.05) is 17.3 Å². The summed E-state index contributed by atoms with van der Waals surface area (Å²) in [6, 6.07) is 9.26. The molecule has 0 unspecified atom stereocenters. The Labute approximate surface area is 109 Å². The van der Waals surface area contributed by atoms with Crippen LogP contribution < -0.4 is 5.32 Å². The van der Waals surface area contributed by atoms with Crippen LogP contribution in [0.25, 0.3) is 0 Å². The van der Waals surface area contributed by atoms with Crippen molar-refractivity contribution < 1.29 is 4.79 Å². The molecular formula is C16H19NO. The average molecular weight is 241 g/mol. The highest BCUT2D eigenvalue weighted by Gasteiger charge is 2.04. The fraction of sp³-hybridized carbons (Fsp3) is 0.312. The Hall–Kier alpha value is -2.01. The molecule has 0 saturated carbocycles. The summed E-state index contributed by atoms with van der Waals surface area (Å²) in [5, 5.41) is 3.11. The number of allylic oxidation sites excluding steroid dienone is 2. The van der Waals surface area contributed by atoms with Gasteiger partial charge in [-0.25, -0.2) is 0 Å². The van der Waals surface area contributed by atoms with Crippen LogP contribution in [0.3, 0.4) is 0 Å². The molecule has 0 aromatic heterocycles. The number of nitrogens with one attached hydrogen (secondary N) is 1. The number of rotatable bonds is 7. The number of carbonyl (C=O) groups is 1. The normalized spacial score (nSPS) is 10.8. The average Bonchev–Trinajstić information content (AvgIpc) is 2.42. The third-order valence-electron chi connectivity index (χ3n) is 2.58. The molecule has 0 atom stereocenters. The lowest BCUT2D eigenvalue weighted by molar-refractivity contribution is 0.104. The quantitative estimate of drug-likeness (QED) is 0.451. The van der Waals surface area contributed by atoms with E-state index in [0.29, 0.717) is 12.1 Å². The smallest absolute Gasteiger partial charge is 0.187 e. The van der Waals surface area contributed by atoms with Gasteiger partial charge >= 0.3 is 0 Å². The minimum atomic E-state index is 0.0197. The lowest BCUT2D eigenvalue weighted by Gasteiger charge is -2.07. The maximum Gasteiger partial charge on any atom is 0.187 e. The Morgan fingerprint density at radius 3 is 2.72 bits per heavy atom. The van der Waals surface area contributed by atoms with Crippen molar-refractivity contribution in [2.75, 3.05) is 6.54 Å². The predicted molar refractivity (Wildman–Crippen MR) is 75.2 cm³/mol. The Morgan fingerprint density at radius 2 is 2.11 bits per heavy atom. The van der Waals surface area contributed by atoms with Crippen molar-refractivity contribution in [3.8, 4) is 12.3 Å². The first kappa shape index (κ1) is 14.1. The van der Waals surface area contributed by atoms with Crippen LogP contribution >= 0.6 is 0 Å². The van der Waals surface area contributed by atoms with E-state index in [1.54, 1.807) is 6.08 Å². The molecule has 0 radical (unpaired) electrons. The van der Waals surface area contributed by atoms with E-state index in [1.165, 1.54) is 0 Å². The first-order chi connectivity index (χ1) is 8.77. The highest BCUT2D eigenvalue weighted by atomic mass is 16.1. The van der Waals surface area contributed by atoms with Crippen molar-refractivity contribution in [3.63, 3.8) is 0 Å². The van der Waals surface area contributed by atoms with Gasteiger partial charge in [-0.2, -0.15) is 0 Å². The van der Waals surface area contributed by atoms with E-state index in [4.69, 9.17) is 6.42 Å². The van der Waals surface area contributed by atoms with Crippen LogP contribution in [0.1, 0.15) is 36.5 Å². The Morgan fingerprint density at radius 1 is 1.39 bits per heavy atom. The van der Waals surface area contributed by atoms with Crippen molar-refractivity contribution in [3.05, 3.63) is 47.7 Å². The molecule has 1 aromatic carbocycles. The zero-order chi connectivity index (χ0) is 13.2. The van der Waals surface area contributed by atoms with Gasteiger partial charge in [-0.15, -0.1) is 6.42 Å². The summed E-state index contributed by atoms with van der Waals surface area (Å²) in [5.74, 6) is 2.54. The first-order valence-corrected chi connectivity index (χ1v) is 6.25. The Kier molecular flexibility index (Phi) is 6.35. The summed E-state index contributed by atoms with van der Waals surface area (Å²) >= 11 is 0. The summed E-state index contributed by atoms with van der Waals surface area (Å²) in [6.07, 6.45) is 9.87. The molecule has 0 bridgehead atoms. The topological polar surface area (TPSA) is 29.1 Å². The molecule has 2 nitrogen and oxygen atoms in total. The fourth-order valence-corrected chi connectivity index (χ4v) is 1.59. The van der Waals surface area contributed by atoms with Crippen molar-refractivity contribution in [2.24, 2.45) is 0 Å². The van der Waals surface area contributed by atoms with Crippen LogP contribution in [0.2, 0.25) is 0 Å². The van der Waals surface area contributed by atoms with Crippen LogP contribution in [-0.2, 0) is 0 Å². The molecule has 0 aliphatic rings. The number of unbranched alkanes of at least 4 members (excludes halogenated alkanes) is 1. The molecule has 0 fully saturated rings. The third kappa shape index (κ3) is 4.88. The summed E-state index contributed by atoms with van der Waals surface area (Å²) < 4.78 is 0. The maximum atomic E-state index is 12.0. The van der Waals surface area contributed by atoms with Crippen molar-refractivity contribution in [1.82, 2.24) is 5.32 Å². The van der Waals surface area contributed by atoms with E-state index in [0.717, 1.165) is 25.0 Å². The molecule has 0 saturated heterocycles. The number of carbonyl (C=O) groups excluding carboxylic acids is 1. The Bertz CT molecular complexity index is 440. The summed E-state index contributed by atoms with van der Waals surface area (Å²) in [5.41, 5.74) is 1.62. The van der Waals surface area contributed by atoms with Crippen molar-refractivity contribution >= 4 is 5.78 Å². The highest BCUT2D eigenvalue weighted by molar-refractivity contribution is 6.04. The second-order valence-electron chi connectivity index (χ2n) is 4.06. The van der Waals surface area contributed by atoms with E-state index >= 15 is 0 Å². The third-order valence-corrected chi connectivity index (χ3v) is 2.58. The van der Waals surface area contributed by atoms with Gasteiger partial charge < -0.3 is 5.32 Å². The highest BCUT2D eigenvalue weighted by Crippen LogP contribution is 2.07. The minimum Gasteiger partial charge on any atom is -0.377 e. The molecule has 0 spiro atoms. The number of terminal acetylenes is 1. The van der Waals surface area contributed by atoms with Gasteiger partial charge in [0.05, 0.1) is 6.54 Å². The van der Waals surface area contributed by atoms with E-state index < -0.39 is 0 Å². The molecule has 1 N–H and O–H groups in total. The predicted octanol–water partition coefficient (Wildman–Crippen LogP) is 3.17. The van der Waals surface area contributed by atoms with Crippen LogP contribution in [-0.4, -0.2) is 12.3 Å². The summed E-state index contributed by atoms with van der Waals surface area (Å²) in [6.45, 7) is 2.58. The van der Waals surface area contributed by atoms with Crippen LogP contribution in [0.4, 0.5) is 0 Å². The van der Waals surface area contributed by atoms with Gasteiger partial charge in [0.25, 0.3) is 0 Å². The number of benzene rings is 1. The largest absolute Gasteiger partial charge is 0.377 e. The SMILES string of the molecule is C#CCNC(=CC(=O)c1ccccc1)CCCC. The monoisotopic (exact) mass is 241 g/mol. The minimum absolute atomic E-state index is 0.0197. The molecule has 1 rings (SSSR count).